The van der Waals surface area contributed by atoms with Gasteiger partial charge in [0.1, 0.15) is 6.04 Å². The molecule has 1 N–H and O–H groups in total. The Hall–Kier alpha value is -1.82. The van der Waals surface area contributed by atoms with E-state index in [0.717, 1.165) is 16.1 Å². The number of halogens is 1. The van der Waals surface area contributed by atoms with Crippen molar-refractivity contribution in [2.75, 3.05) is 0 Å². The molecule has 0 amide bonds. The maximum Gasteiger partial charge on any atom is 0.121 e. The monoisotopic (exact) mass is 298 g/mol. The van der Waals surface area contributed by atoms with Crippen molar-refractivity contribution in [1.82, 2.24) is 5.32 Å². The SMILES string of the molecule is CC(C)c1ccc(C(C#N)NCc2ccc(Cl)cc2)cc1. The van der Waals surface area contributed by atoms with Gasteiger partial charge in [0, 0.05) is 11.6 Å². The summed E-state index contributed by atoms with van der Waals surface area (Å²) in [7, 11) is 0. The first kappa shape index (κ1) is 15.6. The smallest absolute Gasteiger partial charge is 0.121 e. The molecule has 0 spiro atoms. The Morgan fingerprint density at radius 3 is 2.10 bits per heavy atom. The Labute approximate surface area is 131 Å². The molecule has 0 fully saturated rings. The summed E-state index contributed by atoms with van der Waals surface area (Å²) in [6.07, 6.45) is 0. The van der Waals surface area contributed by atoms with Gasteiger partial charge in [0.15, 0.2) is 0 Å². The van der Waals surface area contributed by atoms with Crippen LogP contribution < -0.4 is 5.32 Å². The van der Waals surface area contributed by atoms with E-state index < -0.39 is 0 Å². The summed E-state index contributed by atoms with van der Waals surface area (Å²) in [5, 5.41) is 13.3. The van der Waals surface area contributed by atoms with Gasteiger partial charge < -0.3 is 0 Å². The molecule has 0 saturated carbocycles. The van der Waals surface area contributed by atoms with E-state index in [9.17, 15) is 5.26 Å². The molecule has 0 aliphatic carbocycles. The lowest BCUT2D eigenvalue weighted by atomic mass is 9.99. The van der Waals surface area contributed by atoms with E-state index in [1.807, 2.05) is 36.4 Å². The number of rotatable bonds is 5. The number of hydrogen-bond acceptors (Lipinski definition) is 2. The van der Waals surface area contributed by atoms with E-state index in [4.69, 9.17) is 11.6 Å². The molecule has 2 nitrogen and oxygen atoms in total. The van der Waals surface area contributed by atoms with Crippen molar-refractivity contribution in [1.29, 1.82) is 5.26 Å². The molecule has 108 valence electrons. The molecule has 1 atom stereocenters. The molecule has 0 radical (unpaired) electrons. The molecule has 0 heterocycles. The maximum absolute atomic E-state index is 9.35. The highest BCUT2D eigenvalue weighted by Gasteiger charge is 2.10. The second kappa shape index (κ2) is 7.26. The minimum absolute atomic E-state index is 0.304. The lowest BCUT2D eigenvalue weighted by Gasteiger charge is -2.13. The highest BCUT2D eigenvalue weighted by molar-refractivity contribution is 6.30. The number of benzene rings is 2. The van der Waals surface area contributed by atoms with E-state index in [1.165, 1.54) is 5.56 Å². The molecular weight excluding hydrogens is 280 g/mol. The molecule has 1 unspecified atom stereocenters. The second-order valence-corrected chi connectivity index (χ2v) is 5.83. The summed E-state index contributed by atoms with van der Waals surface area (Å²) >= 11 is 5.87. The molecule has 0 aromatic heterocycles. The first-order valence-electron chi connectivity index (χ1n) is 7.07. The largest absolute Gasteiger partial charge is 0.294 e. The third-order valence-corrected chi connectivity index (χ3v) is 3.74. The fourth-order valence-electron chi connectivity index (χ4n) is 2.13. The Kier molecular flexibility index (Phi) is 5.38. The Morgan fingerprint density at radius 1 is 1.00 bits per heavy atom. The Bertz CT molecular complexity index is 609. The van der Waals surface area contributed by atoms with Gasteiger partial charge in [-0.15, -0.1) is 0 Å². The van der Waals surface area contributed by atoms with E-state index in [1.54, 1.807) is 0 Å². The summed E-state index contributed by atoms with van der Waals surface area (Å²) < 4.78 is 0. The molecule has 0 aliphatic heterocycles. The van der Waals surface area contributed by atoms with E-state index in [-0.39, 0.29) is 6.04 Å². The van der Waals surface area contributed by atoms with E-state index in [0.29, 0.717) is 12.5 Å². The summed E-state index contributed by atoms with van der Waals surface area (Å²) in [5.41, 5.74) is 3.39. The van der Waals surface area contributed by atoms with Crippen LogP contribution in [-0.4, -0.2) is 0 Å². The second-order valence-electron chi connectivity index (χ2n) is 5.39. The van der Waals surface area contributed by atoms with Crippen molar-refractivity contribution in [3.63, 3.8) is 0 Å². The van der Waals surface area contributed by atoms with Gasteiger partial charge in [-0.1, -0.05) is 61.8 Å². The molecule has 0 aliphatic rings. The van der Waals surface area contributed by atoms with Crippen LogP contribution in [0.15, 0.2) is 48.5 Å². The molecule has 2 aromatic carbocycles. The highest BCUT2D eigenvalue weighted by atomic mass is 35.5. The van der Waals surface area contributed by atoms with Crippen molar-refractivity contribution in [3.05, 3.63) is 70.2 Å². The lowest BCUT2D eigenvalue weighted by Crippen LogP contribution is -2.19. The number of nitrogens with one attached hydrogen (secondary N) is 1. The van der Waals surface area contributed by atoms with Crippen LogP contribution in [0.25, 0.3) is 0 Å². The average molecular weight is 299 g/mol. The lowest BCUT2D eigenvalue weighted by molar-refractivity contribution is 0.630. The first-order valence-corrected chi connectivity index (χ1v) is 7.45. The normalized spacial score (nSPS) is 12.1. The predicted molar refractivity (Wildman–Crippen MR) is 87.2 cm³/mol. The molecular formula is C18H19ClN2. The number of nitriles is 1. The summed E-state index contributed by atoms with van der Waals surface area (Å²) in [6, 6.07) is 17.9. The zero-order chi connectivity index (χ0) is 15.2. The predicted octanol–water partition coefficient (Wildman–Crippen LogP) is 4.82. The van der Waals surface area contributed by atoms with Gasteiger partial charge in [0.05, 0.1) is 6.07 Å². The van der Waals surface area contributed by atoms with Crippen LogP contribution in [0.3, 0.4) is 0 Å². The van der Waals surface area contributed by atoms with Gasteiger partial charge >= 0.3 is 0 Å². The minimum Gasteiger partial charge on any atom is -0.294 e. The average Bonchev–Trinajstić information content (AvgIpc) is 2.50. The molecule has 0 saturated heterocycles. The topological polar surface area (TPSA) is 35.8 Å². The summed E-state index contributed by atoms with van der Waals surface area (Å²) in [5.74, 6) is 0.501. The van der Waals surface area contributed by atoms with Crippen LogP contribution in [0.4, 0.5) is 0 Å². The van der Waals surface area contributed by atoms with E-state index >= 15 is 0 Å². The standard InChI is InChI=1S/C18H19ClN2/c1-13(2)15-5-7-16(8-6-15)18(11-20)21-12-14-3-9-17(19)10-4-14/h3-10,13,18,21H,12H2,1-2H3. The van der Waals surface area contributed by atoms with Gasteiger partial charge in [-0.05, 0) is 34.7 Å². The van der Waals surface area contributed by atoms with Crippen molar-refractivity contribution in [2.45, 2.75) is 32.4 Å². The number of nitrogens with zero attached hydrogens (tertiary/aromatic N) is 1. The van der Waals surface area contributed by atoms with Crippen LogP contribution in [0.1, 0.15) is 42.5 Å². The summed E-state index contributed by atoms with van der Waals surface area (Å²) in [4.78, 5) is 0. The van der Waals surface area contributed by atoms with Crippen LogP contribution >= 0.6 is 11.6 Å². The fraction of sp³-hybridized carbons (Fsp3) is 0.278. The third kappa shape index (κ3) is 4.32. The molecule has 2 aromatic rings. The van der Waals surface area contributed by atoms with Crippen LogP contribution in [-0.2, 0) is 6.54 Å². The Balaban J connectivity index is 2.02. The van der Waals surface area contributed by atoms with Gasteiger partial charge in [0.2, 0.25) is 0 Å². The van der Waals surface area contributed by atoms with Crippen LogP contribution in [0.2, 0.25) is 5.02 Å². The van der Waals surface area contributed by atoms with Gasteiger partial charge in [-0.25, -0.2) is 0 Å². The zero-order valence-corrected chi connectivity index (χ0v) is 13.1. The van der Waals surface area contributed by atoms with Gasteiger partial charge in [-0.3, -0.25) is 5.32 Å². The molecule has 3 heteroatoms. The third-order valence-electron chi connectivity index (χ3n) is 3.49. The zero-order valence-electron chi connectivity index (χ0n) is 12.3. The maximum atomic E-state index is 9.35. The fourth-order valence-corrected chi connectivity index (χ4v) is 2.26. The van der Waals surface area contributed by atoms with Crippen LogP contribution in [0.5, 0.6) is 0 Å². The highest BCUT2D eigenvalue weighted by Crippen LogP contribution is 2.19. The number of hydrogen-bond donors (Lipinski definition) is 1. The molecule has 2 rings (SSSR count). The van der Waals surface area contributed by atoms with E-state index in [2.05, 4.69) is 37.4 Å². The van der Waals surface area contributed by atoms with Crippen molar-refractivity contribution < 1.29 is 0 Å². The van der Waals surface area contributed by atoms with Crippen molar-refractivity contribution in [2.24, 2.45) is 0 Å². The summed E-state index contributed by atoms with van der Waals surface area (Å²) in [6.45, 7) is 4.96. The minimum atomic E-state index is -0.304. The quantitative estimate of drug-likeness (QED) is 0.859. The van der Waals surface area contributed by atoms with Crippen molar-refractivity contribution >= 4 is 11.6 Å². The first-order chi connectivity index (χ1) is 10.1. The van der Waals surface area contributed by atoms with Gasteiger partial charge in [0.25, 0.3) is 0 Å². The van der Waals surface area contributed by atoms with Gasteiger partial charge in [-0.2, -0.15) is 5.26 Å². The molecule has 0 bridgehead atoms. The van der Waals surface area contributed by atoms with Crippen LogP contribution in [0, 0.1) is 11.3 Å². The Morgan fingerprint density at radius 2 is 1.57 bits per heavy atom. The van der Waals surface area contributed by atoms with Crippen molar-refractivity contribution in [3.8, 4) is 6.07 Å². The molecule has 21 heavy (non-hydrogen) atoms.